The topological polar surface area (TPSA) is 95.8 Å². The van der Waals surface area contributed by atoms with Crippen LogP contribution in [0.1, 0.15) is 30.0 Å². The highest BCUT2D eigenvalue weighted by Gasteiger charge is 2.28. The Bertz CT molecular complexity index is 914. The van der Waals surface area contributed by atoms with E-state index in [2.05, 4.69) is 37.3 Å². The number of aromatic amines is 1. The van der Waals surface area contributed by atoms with Gasteiger partial charge in [-0.3, -0.25) is 0 Å². The summed E-state index contributed by atoms with van der Waals surface area (Å²) in [5.41, 5.74) is 9.28. The molecule has 2 aromatic heterocycles. The summed E-state index contributed by atoms with van der Waals surface area (Å²) in [6.45, 7) is 1.43. The summed E-state index contributed by atoms with van der Waals surface area (Å²) in [6.07, 6.45) is 4.39. The highest BCUT2D eigenvalue weighted by molar-refractivity contribution is 5.81. The first-order valence-corrected chi connectivity index (χ1v) is 8.54. The van der Waals surface area contributed by atoms with Gasteiger partial charge in [0, 0.05) is 18.7 Å². The fraction of sp³-hybridized carbons (Fsp3) is 0.278. The first kappa shape index (κ1) is 14.3. The molecule has 1 saturated carbocycles. The minimum absolute atomic E-state index is 0.458. The van der Waals surface area contributed by atoms with Gasteiger partial charge in [-0.15, -0.1) is 0 Å². The molecule has 7 heteroatoms. The Morgan fingerprint density at radius 2 is 1.96 bits per heavy atom. The zero-order valence-electron chi connectivity index (χ0n) is 13.7. The van der Waals surface area contributed by atoms with Crippen LogP contribution in [0.25, 0.3) is 11.6 Å². The van der Waals surface area contributed by atoms with E-state index in [1.165, 1.54) is 18.4 Å². The molecule has 3 heterocycles. The van der Waals surface area contributed by atoms with E-state index in [0.29, 0.717) is 30.1 Å². The van der Waals surface area contributed by atoms with Gasteiger partial charge in [-0.2, -0.15) is 0 Å². The lowest BCUT2D eigenvalue weighted by molar-refractivity contribution is 0.855. The second-order valence-corrected chi connectivity index (χ2v) is 6.60. The lowest BCUT2D eigenvalue weighted by atomic mass is 10.2. The van der Waals surface area contributed by atoms with Crippen LogP contribution < -0.4 is 16.0 Å². The monoisotopic (exact) mass is 333 g/mol. The number of fused-ring (bicyclic) bond motifs is 1. The second-order valence-electron chi connectivity index (χ2n) is 6.60. The van der Waals surface area contributed by atoms with Crippen LogP contribution in [0, 0.1) is 0 Å². The number of rotatable bonds is 4. The zero-order valence-corrected chi connectivity index (χ0v) is 13.7. The zero-order chi connectivity index (χ0) is 16.8. The van der Waals surface area contributed by atoms with E-state index >= 15 is 0 Å². The number of nitrogens with two attached hydrogens (primary N) is 1. The average molecular weight is 333 g/mol. The van der Waals surface area contributed by atoms with Gasteiger partial charge in [0.1, 0.15) is 5.69 Å². The third-order valence-electron chi connectivity index (χ3n) is 4.69. The maximum absolute atomic E-state index is 6.16. The van der Waals surface area contributed by atoms with Gasteiger partial charge in [0.15, 0.2) is 23.3 Å². The minimum atomic E-state index is 0.458. The molecule has 2 aliphatic rings. The molecule has 7 nitrogen and oxygen atoms in total. The molecule has 3 aromatic rings. The SMILES string of the molecule is Nc1nc(-c2nc(C3CC3)c[nH]2)nc2c1NCN2Cc1ccccc1. The quantitative estimate of drug-likeness (QED) is 0.679. The highest BCUT2D eigenvalue weighted by atomic mass is 15.3. The van der Waals surface area contributed by atoms with Crippen molar-refractivity contribution >= 4 is 17.3 Å². The van der Waals surface area contributed by atoms with Gasteiger partial charge < -0.3 is 20.9 Å². The molecule has 1 aromatic carbocycles. The fourth-order valence-corrected chi connectivity index (χ4v) is 3.19. The molecule has 1 aliphatic carbocycles. The molecule has 0 amide bonds. The maximum Gasteiger partial charge on any atom is 0.199 e. The van der Waals surface area contributed by atoms with Crippen molar-refractivity contribution in [1.29, 1.82) is 0 Å². The first-order valence-electron chi connectivity index (χ1n) is 8.54. The van der Waals surface area contributed by atoms with Crippen LogP contribution in [-0.4, -0.2) is 26.6 Å². The fourth-order valence-electron chi connectivity index (χ4n) is 3.19. The molecule has 0 radical (unpaired) electrons. The van der Waals surface area contributed by atoms with E-state index < -0.39 is 0 Å². The van der Waals surface area contributed by atoms with Crippen molar-refractivity contribution in [3.05, 3.63) is 47.8 Å². The van der Waals surface area contributed by atoms with Gasteiger partial charge in [0.25, 0.3) is 0 Å². The van der Waals surface area contributed by atoms with E-state index in [1.54, 1.807) is 0 Å². The third kappa shape index (κ3) is 2.57. The Kier molecular flexibility index (Phi) is 3.12. The predicted molar refractivity (Wildman–Crippen MR) is 97.1 cm³/mol. The molecular formula is C18H19N7. The number of imidazole rings is 1. The van der Waals surface area contributed by atoms with E-state index in [4.69, 9.17) is 10.7 Å². The summed E-state index contributed by atoms with van der Waals surface area (Å²) in [6, 6.07) is 10.3. The van der Waals surface area contributed by atoms with Crippen LogP contribution in [0.5, 0.6) is 0 Å². The minimum Gasteiger partial charge on any atom is -0.382 e. The molecule has 25 heavy (non-hydrogen) atoms. The van der Waals surface area contributed by atoms with Crippen LogP contribution in [0.15, 0.2) is 36.5 Å². The second kappa shape index (κ2) is 5.47. The summed E-state index contributed by atoms with van der Waals surface area (Å²) in [4.78, 5) is 19.2. The molecule has 126 valence electrons. The molecule has 0 bridgehead atoms. The number of H-pyrrole nitrogens is 1. The van der Waals surface area contributed by atoms with Gasteiger partial charge in [0.2, 0.25) is 0 Å². The van der Waals surface area contributed by atoms with Crippen molar-refractivity contribution < 1.29 is 0 Å². The van der Waals surface area contributed by atoms with Gasteiger partial charge in [-0.05, 0) is 18.4 Å². The maximum atomic E-state index is 6.16. The lowest BCUT2D eigenvalue weighted by Gasteiger charge is -2.17. The standard InChI is InChI=1S/C18H19N7/c19-15-14-18(25(10-21-14)9-11-4-2-1-3-5-11)24-17(23-15)16-20-8-13(22-16)12-6-7-12/h1-5,8,12,21H,6-7,9-10H2,(H,20,22)(H2,19,23,24). The normalized spacial score (nSPS) is 15.9. The highest BCUT2D eigenvalue weighted by Crippen LogP contribution is 2.40. The predicted octanol–water partition coefficient (Wildman–Crippen LogP) is 2.72. The van der Waals surface area contributed by atoms with Crippen molar-refractivity contribution in [2.75, 3.05) is 22.6 Å². The Balaban J connectivity index is 1.49. The first-order chi connectivity index (χ1) is 12.3. The Labute approximate surface area is 145 Å². The number of nitrogens with one attached hydrogen (secondary N) is 2. The number of nitrogen functional groups attached to an aromatic ring is 1. The molecule has 0 atom stereocenters. The Morgan fingerprint density at radius 3 is 2.76 bits per heavy atom. The van der Waals surface area contributed by atoms with Gasteiger partial charge in [0.05, 0.1) is 12.4 Å². The molecule has 1 aliphatic heterocycles. The summed E-state index contributed by atoms with van der Waals surface area (Å²) in [5.74, 6) is 3.11. The van der Waals surface area contributed by atoms with Crippen LogP contribution >= 0.6 is 0 Å². The molecule has 0 unspecified atom stereocenters. The van der Waals surface area contributed by atoms with Crippen LogP contribution in [0.3, 0.4) is 0 Å². The number of anilines is 3. The summed E-state index contributed by atoms with van der Waals surface area (Å²) >= 11 is 0. The van der Waals surface area contributed by atoms with E-state index in [-0.39, 0.29) is 0 Å². The van der Waals surface area contributed by atoms with Crippen LogP contribution in [0.2, 0.25) is 0 Å². The Hall–Kier alpha value is -3.09. The van der Waals surface area contributed by atoms with E-state index in [9.17, 15) is 0 Å². The van der Waals surface area contributed by atoms with Crippen molar-refractivity contribution in [2.24, 2.45) is 0 Å². The molecule has 5 rings (SSSR count). The van der Waals surface area contributed by atoms with E-state index in [0.717, 1.165) is 23.7 Å². The third-order valence-corrected chi connectivity index (χ3v) is 4.69. The summed E-state index contributed by atoms with van der Waals surface area (Å²) in [7, 11) is 0. The smallest absolute Gasteiger partial charge is 0.199 e. The molecule has 1 fully saturated rings. The van der Waals surface area contributed by atoms with Gasteiger partial charge in [-0.25, -0.2) is 15.0 Å². The van der Waals surface area contributed by atoms with E-state index in [1.807, 2.05) is 24.4 Å². The lowest BCUT2D eigenvalue weighted by Crippen LogP contribution is -2.22. The van der Waals surface area contributed by atoms with Crippen LogP contribution in [0.4, 0.5) is 17.3 Å². The van der Waals surface area contributed by atoms with Crippen molar-refractivity contribution in [3.8, 4) is 11.6 Å². The van der Waals surface area contributed by atoms with Crippen molar-refractivity contribution in [1.82, 2.24) is 19.9 Å². The van der Waals surface area contributed by atoms with Gasteiger partial charge >= 0.3 is 0 Å². The summed E-state index contributed by atoms with van der Waals surface area (Å²) in [5, 5.41) is 3.30. The molecular weight excluding hydrogens is 314 g/mol. The van der Waals surface area contributed by atoms with Crippen molar-refractivity contribution in [2.45, 2.75) is 25.3 Å². The number of hydrogen-bond donors (Lipinski definition) is 3. The largest absolute Gasteiger partial charge is 0.382 e. The average Bonchev–Trinajstić information content (AvgIpc) is 3.22. The molecule has 4 N–H and O–H groups in total. The number of benzene rings is 1. The Morgan fingerprint density at radius 1 is 1.12 bits per heavy atom. The number of aromatic nitrogens is 4. The van der Waals surface area contributed by atoms with Gasteiger partial charge in [-0.1, -0.05) is 30.3 Å². The number of nitrogens with zero attached hydrogens (tertiary/aromatic N) is 4. The molecule has 0 spiro atoms. The molecule has 0 saturated heterocycles. The number of hydrogen-bond acceptors (Lipinski definition) is 6. The van der Waals surface area contributed by atoms with Crippen LogP contribution in [-0.2, 0) is 6.54 Å². The van der Waals surface area contributed by atoms with Crippen molar-refractivity contribution in [3.63, 3.8) is 0 Å². The summed E-state index contributed by atoms with van der Waals surface area (Å²) < 4.78 is 0.